The standard InChI is InChI=1S/C38H45FO8/c1-4-6-8-10-11-13-15-35(40)46-29-19-16-27(17-20-29)37(43)47-30-21-23-31(36(41)42)33(25-30)28-18-22-32(34(39)24-28)38(44)45-26(3)14-12-9-7-5-2/h16-26H,4-15H2,1-3H3,(H,41,42). The average Bonchev–Trinajstić information content (AvgIpc) is 3.04. The zero-order valence-corrected chi connectivity index (χ0v) is 27.5. The monoisotopic (exact) mass is 648 g/mol. The number of carboxylic acid groups (broad SMARTS) is 1. The van der Waals surface area contributed by atoms with Crippen molar-refractivity contribution in [1.29, 1.82) is 0 Å². The van der Waals surface area contributed by atoms with Crippen LogP contribution in [0.2, 0.25) is 0 Å². The minimum Gasteiger partial charge on any atom is -0.478 e. The van der Waals surface area contributed by atoms with Crippen LogP contribution < -0.4 is 9.47 Å². The van der Waals surface area contributed by atoms with E-state index in [1.165, 1.54) is 67.4 Å². The lowest BCUT2D eigenvalue weighted by atomic mass is 9.98. The number of unbranched alkanes of at least 4 members (excludes halogenated alkanes) is 8. The maximum Gasteiger partial charge on any atom is 0.343 e. The van der Waals surface area contributed by atoms with E-state index in [4.69, 9.17) is 14.2 Å². The number of ether oxygens (including phenoxy) is 3. The van der Waals surface area contributed by atoms with Crippen molar-refractivity contribution in [3.05, 3.63) is 83.2 Å². The van der Waals surface area contributed by atoms with Gasteiger partial charge >= 0.3 is 23.9 Å². The van der Waals surface area contributed by atoms with E-state index < -0.39 is 23.7 Å². The molecule has 0 aliphatic carbocycles. The van der Waals surface area contributed by atoms with Crippen molar-refractivity contribution in [1.82, 2.24) is 0 Å². The molecule has 1 atom stereocenters. The Morgan fingerprint density at radius 1 is 0.702 bits per heavy atom. The van der Waals surface area contributed by atoms with Crippen molar-refractivity contribution in [2.24, 2.45) is 0 Å². The highest BCUT2D eigenvalue weighted by atomic mass is 19.1. The number of carboxylic acids is 1. The van der Waals surface area contributed by atoms with E-state index in [0.29, 0.717) is 18.6 Å². The fourth-order valence-electron chi connectivity index (χ4n) is 5.08. The number of esters is 3. The van der Waals surface area contributed by atoms with Crippen LogP contribution in [0.15, 0.2) is 60.7 Å². The van der Waals surface area contributed by atoms with Gasteiger partial charge in [-0.15, -0.1) is 0 Å². The van der Waals surface area contributed by atoms with Crippen LogP contribution in [0.5, 0.6) is 11.5 Å². The predicted octanol–water partition coefficient (Wildman–Crippen LogP) is 9.58. The lowest BCUT2D eigenvalue weighted by Crippen LogP contribution is -2.16. The van der Waals surface area contributed by atoms with Crippen LogP contribution in [0.1, 0.15) is 129 Å². The Kier molecular flexibility index (Phi) is 15.1. The summed E-state index contributed by atoms with van der Waals surface area (Å²) in [7, 11) is 0. The van der Waals surface area contributed by atoms with Gasteiger partial charge in [0, 0.05) is 6.42 Å². The molecule has 0 saturated heterocycles. The second kappa shape index (κ2) is 19.2. The zero-order valence-electron chi connectivity index (χ0n) is 27.5. The van der Waals surface area contributed by atoms with E-state index >= 15 is 4.39 Å². The van der Waals surface area contributed by atoms with Crippen LogP contribution in [-0.2, 0) is 9.53 Å². The third-order valence-electron chi connectivity index (χ3n) is 7.76. The molecule has 3 rings (SSSR count). The van der Waals surface area contributed by atoms with Gasteiger partial charge in [-0.1, -0.05) is 71.3 Å². The van der Waals surface area contributed by atoms with Gasteiger partial charge < -0.3 is 19.3 Å². The van der Waals surface area contributed by atoms with Crippen LogP contribution in [0.3, 0.4) is 0 Å². The summed E-state index contributed by atoms with van der Waals surface area (Å²) in [6.45, 7) is 6.03. The summed E-state index contributed by atoms with van der Waals surface area (Å²) in [6, 6.07) is 13.6. The molecular weight excluding hydrogens is 603 g/mol. The molecule has 0 radical (unpaired) electrons. The van der Waals surface area contributed by atoms with Gasteiger partial charge in [-0.25, -0.2) is 18.8 Å². The third-order valence-corrected chi connectivity index (χ3v) is 7.76. The summed E-state index contributed by atoms with van der Waals surface area (Å²) in [5.74, 6) is -3.64. The highest BCUT2D eigenvalue weighted by Gasteiger charge is 2.20. The molecule has 3 aromatic carbocycles. The third kappa shape index (κ3) is 12.0. The summed E-state index contributed by atoms with van der Waals surface area (Å²) in [4.78, 5) is 49.6. The van der Waals surface area contributed by atoms with E-state index in [1.807, 2.05) is 0 Å². The molecule has 0 bridgehead atoms. The number of carbonyl (C=O) groups excluding carboxylic acids is 3. The minimum absolute atomic E-state index is 0.0326. The smallest absolute Gasteiger partial charge is 0.343 e. The van der Waals surface area contributed by atoms with E-state index in [-0.39, 0.29) is 45.6 Å². The number of rotatable bonds is 19. The van der Waals surface area contributed by atoms with Gasteiger partial charge in [0.25, 0.3) is 0 Å². The molecule has 47 heavy (non-hydrogen) atoms. The van der Waals surface area contributed by atoms with E-state index in [1.54, 1.807) is 6.92 Å². The molecular formula is C38H45FO8. The molecule has 0 aromatic heterocycles. The first-order chi connectivity index (χ1) is 22.6. The number of hydrogen-bond acceptors (Lipinski definition) is 7. The Hall–Kier alpha value is -4.53. The van der Waals surface area contributed by atoms with Crippen LogP contribution >= 0.6 is 0 Å². The number of aromatic carboxylic acids is 1. The maximum absolute atomic E-state index is 15.1. The Morgan fingerprint density at radius 3 is 1.98 bits per heavy atom. The Labute approximate surface area is 276 Å². The van der Waals surface area contributed by atoms with Gasteiger partial charge in [0.2, 0.25) is 0 Å². The molecule has 3 aromatic rings. The van der Waals surface area contributed by atoms with Gasteiger partial charge in [0.15, 0.2) is 0 Å². The molecule has 0 aliphatic rings. The quantitative estimate of drug-likeness (QED) is 0.0776. The first-order valence-corrected chi connectivity index (χ1v) is 16.5. The Morgan fingerprint density at radius 2 is 1.32 bits per heavy atom. The van der Waals surface area contributed by atoms with Crippen molar-refractivity contribution >= 4 is 23.9 Å². The van der Waals surface area contributed by atoms with Gasteiger partial charge in [0.05, 0.1) is 22.8 Å². The highest BCUT2D eigenvalue weighted by Crippen LogP contribution is 2.30. The van der Waals surface area contributed by atoms with Crippen molar-refractivity contribution < 1.29 is 42.9 Å². The van der Waals surface area contributed by atoms with Crippen molar-refractivity contribution in [2.75, 3.05) is 0 Å². The first-order valence-electron chi connectivity index (χ1n) is 16.5. The topological polar surface area (TPSA) is 116 Å². The second-order valence-corrected chi connectivity index (χ2v) is 11.7. The summed E-state index contributed by atoms with van der Waals surface area (Å²) in [5.41, 5.74) is 0.0446. The summed E-state index contributed by atoms with van der Waals surface area (Å²) in [5, 5.41) is 9.76. The average molecular weight is 649 g/mol. The zero-order chi connectivity index (χ0) is 34.2. The van der Waals surface area contributed by atoms with Crippen molar-refractivity contribution in [2.45, 2.75) is 104 Å². The summed E-state index contributed by atoms with van der Waals surface area (Å²) < 4.78 is 31.4. The minimum atomic E-state index is -1.26. The number of benzene rings is 3. The van der Waals surface area contributed by atoms with Crippen molar-refractivity contribution in [3.8, 4) is 22.6 Å². The SMILES string of the molecule is CCCCCCCCC(=O)Oc1ccc(C(=O)Oc2ccc(C(=O)O)c(-c3ccc(C(=O)OC(C)CCCCCC)c(F)c3)c2)cc1. The Balaban J connectivity index is 1.65. The maximum atomic E-state index is 15.1. The highest BCUT2D eigenvalue weighted by molar-refractivity contribution is 5.98. The fraction of sp³-hybridized carbons (Fsp3) is 0.421. The molecule has 1 N–H and O–H groups in total. The molecule has 1 unspecified atom stereocenters. The van der Waals surface area contributed by atoms with Crippen molar-refractivity contribution in [3.63, 3.8) is 0 Å². The molecule has 0 spiro atoms. The fourth-order valence-corrected chi connectivity index (χ4v) is 5.08. The molecule has 0 heterocycles. The molecule has 252 valence electrons. The molecule has 0 fully saturated rings. The van der Waals surface area contributed by atoms with Gasteiger partial charge in [-0.3, -0.25) is 4.79 Å². The predicted molar refractivity (Wildman–Crippen MR) is 177 cm³/mol. The molecule has 0 amide bonds. The van der Waals surface area contributed by atoms with E-state index in [9.17, 15) is 24.3 Å². The van der Waals surface area contributed by atoms with Crippen LogP contribution in [0, 0.1) is 5.82 Å². The molecule has 0 saturated carbocycles. The number of carbonyl (C=O) groups is 4. The number of halogens is 1. The first kappa shape index (κ1) is 36.9. The second-order valence-electron chi connectivity index (χ2n) is 11.7. The molecule has 9 heteroatoms. The largest absolute Gasteiger partial charge is 0.478 e. The van der Waals surface area contributed by atoms with E-state index in [2.05, 4.69) is 13.8 Å². The lowest BCUT2D eigenvalue weighted by molar-refractivity contribution is -0.134. The van der Waals surface area contributed by atoms with Gasteiger partial charge in [-0.05, 0) is 91.9 Å². The molecule has 0 aliphatic heterocycles. The normalized spacial score (nSPS) is 11.5. The Bertz CT molecular complexity index is 1500. The van der Waals surface area contributed by atoms with Gasteiger partial charge in [-0.2, -0.15) is 0 Å². The van der Waals surface area contributed by atoms with Gasteiger partial charge in [0.1, 0.15) is 17.3 Å². The van der Waals surface area contributed by atoms with E-state index in [0.717, 1.165) is 57.4 Å². The lowest BCUT2D eigenvalue weighted by Gasteiger charge is -2.14. The van der Waals surface area contributed by atoms with Crippen LogP contribution in [0.25, 0.3) is 11.1 Å². The van der Waals surface area contributed by atoms with Crippen LogP contribution in [-0.4, -0.2) is 35.1 Å². The molecule has 8 nitrogen and oxygen atoms in total. The summed E-state index contributed by atoms with van der Waals surface area (Å²) in [6.07, 6.45) is 11.1. The summed E-state index contributed by atoms with van der Waals surface area (Å²) >= 11 is 0. The van der Waals surface area contributed by atoms with Crippen LogP contribution in [0.4, 0.5) is 4.39 Å². The number of hydrogen-bond donors (Lipinski definition) is 1.